The molecule has 0 unspecified atom stereocenters. The summed E-state index contributed by atoms with van der Waals surface area (Å²) in [7, 11) is -1.49. The molecular weight excluding hydrogens is 368 g/mol. The summed E-state index contributed by atoms with van der Waals surface area (Å²) in [5.41, 5.74) is 0.735. The van der Waals surface area contributed by atoms with Crippen LogP contribution in [0.25, 0.3) is 11.5 Å². The highest BCUT2D eigenvalue weighted by Crippen LogP contribution is 2.25. The maximum atomic E-state index is 11.8. The van der Waals surface area contributed by atoms with Crippen molar-refractivity contribution < 1.29 is 27.1 Å². The number of carbonyl (C=O) groups is 1. The van der Waals surface area contributed by atoms with Crippen LogP contribution in [0.15, 0.2) is 33.9 Å². The molecule has 2 aromatic rings. The highest BCUT2D eigenvalue weighted by molar-refractivity contribution is 7.99. The quantitative estimate of drug-likeness (QED) is 0.541. The van der Waals surface area contributed by atoms with E-state index in [-0.39, 0.29) is 22.5 Å². The van der Waals surface area contributed by atoms with Crippen LogP contribution in [0, 0.1) is 0 Å². The van der Waals surface area contributed by atoms with Crippen LogP contribution in [0.5, 0.6) is 5.75 Å². The molecule has 134 valence electrons. The molecule has 1 atom stereocenters. The van der Waals surface area contributed by atoms with Crippen LogP contribution < -0.4 is 4.74 Å². The maximum absolute atomic E-state index is 11.8. The zero-order valence-corrected chi connectivity index (χ0v) is 15.0. The van der Waals surface area contributed by atoms with Gasteiger partial charge in [-0.3, -0.25) is 4.79 Å². The predicted octanol–water partition coefficient (Wildman–Crippen LogP) is 1.57. The van der Waals surface area contributed by atoms with Gasteiger partial charge in [-0.25, -0.2) is 8.42 Å². The van der Waals surface area contributed by atoms with Crippen molar-refractivity contribution >= 4 is 27.6 Å². The number of nitrogens with zero attached hydrogens (tertiary/aromatic N) is 2. The molecule has 1 aromatic carbocycles. The Hall–Kier alpha value is -2.07. The van der Waals surface area contributed by atoms with E-state index in [1.165, 1.54) is 0 Å². The lowest BCUT2D eigenvalue weighted by atomic mass is 10.2. The van der Waals surface area contributed by atoms with Gasteiger partial charge in [-0.15, -0.1) is 10.2 Å². The molecule has 0 radical (unpaired) electrons. The first-order valence-corrected chi connectivity index (χ1v) is 10.3. The van der Waals surface area contributed by atoms with E-state index in [0.717, 1.165) is 23.1 Å². The molecule has 10 heteroatoms. The van der Waals surface area contributed by atoms with E-state index in [4.69, 9.17) is 13.9 Å². The molecule has 3 rings (SSSR count). The van der Waals surface area contributed by atoms with Gasteiger partial charge in [0.1, 0.15) is 17.6 Å². The molecule has 2 heterocycles. The van der Waals surface area contributed by atoms with Crippen LogP contribution >= 0.6 is 11.8 Å². The van der Waals surface area contributed by atoms with Crippen molar-refractivity contribution in [1.29, 1.82) is 0 Å². The maximum Gasteiger partial charge on any atom is 0.316 e. The van der Waals surface area contributed by atoms with Gasteiger partial charge in [0.05, 0.1) is 18.6 Å². The summed E-state index contributed by atoms with van der Waals surface area (Å²) in [6.45, 7) is 0. The Bertz CT molecular complexity index is 847. The standard InChI is InChI=1S/C15H16N2O6S2/c1-21-11-4-2-10(3-5-11)14-16-17-15(23-14)24-8-13(18)22-12-6-7-25(19,20)9-12/h2-5,12H,6-9H2,1H3/t12-/m0/s1. The van der Waals surface area contributed by atoms with E-state index in [1.807, 2.05) is 0 Å². The van der Waals surface area contributed by atoms with E-state index in [2.05, 4.69) is 10.2 Å². The first-order valence-electron chi connectivity index (χ1n) is 7.46. The minimum atomic E-state index is -3.07. The van der Waals surface area contributed by atoms with E-state index in [0.29, 0.717) is 12.3 Å². The molecule has 0 N–H and O–H groups in total. The molecule has 1 fully saturated rings. The molecule has 1 saturated heterocycles. The van der Waals surface area contributed by atoms with Crippen molar-refractivity contribution in [3.05, 3.63) is 24.3 Å². The summed E-state index contributed by atoms with van der Waals surface area (Å²) in [5, 5.41) is 8.04. The molecule has 0 amide bonds. The molecule has 8 nitrogen and oxygen atoms in total. The SMILES string of the molecule is COc1ccc(-c2nnc(SCC(=O)O[C@H]3CCS(=O)(=O)C3)o2)cc1. The van der Waals surface area contributed by atoms with Gasteiger partial charge in [0.2, 0.25) is 5.89 Å². The van der Waals surface area contributed by atoms with Crippen molar-refractivity contribution in [3.63, 3.8) is 0 Å². The first kappa shape index (κ1) is 17.7. The normalized spacial score (nSPS) is 18.8. The highest BCUT2D eigenvalue weighted by Gasteiger charge is 2.30. The molecule has 0 saturated carbocycles. The topological polar surface area (TPSA) is 109 Å². The second-order valence-electron chi connectivity index (χ2n) is 5.41. The van der Waals surface area contributed by atoms with E-state index < -0.39 is 21.9 Å². The highest BCUT2D eigenvalue weighted by atomic mass is 32.2. The number of esters is 1. The fourth-order valence-electron chi connectivity index (χ4n) is 2.31. The number of methoxy groups -OCH3 is 1. The van der Waals surface area contributed by atoms with Crippen molar-refractivity contribution in [2.24, 2.45) is 0 Å². The van der Waals surface area contributed by atoms with Gasteiger partial charge in [0.25, 0.3) is 5.22 Å². The van der Waals surface area contributed by atoms with Gasteiger partial charge in [-0.1, -0.05) is 11.8 Å². The van der Waals surface area contributed by atoms with Crippen LogP contribution in [-0.4, -0.2) is 55.1 Å². The molecule has 0 bridgehead atoms. The molecule has 25 heavy (non-hydrogen) atoms. The Morgan fingerprint density at radius 2 is 2.08 bits per heavy atom. The Morgan fingerprint density at radius 3 is 2.72 bits per heavy atom. The van der Waals surface area contributed by atoms with Crippen molar-refractivity contribution in [1.82, 2.24) is 10.2 Å². The van der Waals surface area contributed by atoms with Crippen LogP contribution in [0.3, 0.4) is 0 Å². The Morgan fingerprint density at radius 1 is 1.32 bits per heavy atom. The third-order valence-electron chi connectivity index (χ3n) is 3.55. The molecular formula is C15H16N2O6S2. The molecule has 0 spiro atoms. The third-order valence-corrected chi connectivity index (χ3v) is 6.08. The fourth-order valence-corrected chi connectivity index (χ4v) is 4.45. The van der Waals surface area contributed by atoms with Crippen LogP contribution in [-0.2, 0) is 19.4 Å². The number of aromatic nitrogens is 2. The van der Waals surface area contributed by atoms with E-state index in [1.54, 1.807) is 31.4 Å². The van der Waals surface area contributed by atoms with Gasteiger partial charge in [-0.2, -0.15) is 0 Å². The lowest BCUT2D eigenvalue weighted by Crippen LogP contribution is -2.20. The van der Waals surface area contributed by atoms with Crippen molar-refractivity contribution in [2.75, 3.05) is 24.4 Å². The number of benzene rings is 1. The van der Waals surface area contributed by atoms with Crippen molar-refractivity contribution in [3.8, 4) is 17.2 Å². The summed E-state index contributed by atoms with van der Waals surface area (Å²) in [6.07, 6.45) is -0.211. The number of ether oxygens (including phenoxy) is 2. The third kappa shape index (κ3) is 4.73. The Labute approximate surface area is 148 Å². The number of hydrogen-bond acceptors (Lipinski definition) is 9. The van der Waals surface area contributed by atoms with E-state index >= 15 is 0 Å². The second kappa shape index (κ2) is 7.44. The van der Waals surface area contributed by atoms with Gasteiger partial charge in [-0.05, 0) is 30.7 Å². The fraction of sp³-hybridized carbons (Fsp3) is 0.400. The zero-order chi connectivity index (χ0) is 17.9. The minimum Gasteiger partial charge on any atom is -0.497 e. The summed E-state index contributed by atoms with van der Waals surface area (Å²) >= 11 is 1.05. The molecule has 0 aliphatic carbocycles. The summed E-state index contributed by atoms with van der Waals surface area (Å²) < 4.78 is 38.4. The van der Waals surface area contributed by atoms with Gasteiger partial charge >= 0.3 is 5.97 Å². The molecule has 1 aliphatic rings. The monoisotopic (exact) mass is 384 g/mol. The van der Waals surface area contributed by atoms with Gasteiger partial charge in [0, 0.05) is 5.56 Å². The number of rotatable bonds is 6. The summed E-state index contributed by atoms with van der Waals surface area (Å²) in [4.78, 5) is 11.8. The minimum absolute atomic E-state index is 0.0270. The Kier molecular flexibility index (Phi) is 5.28. The average Bonchev–Trinajstić information content (AvgIpc) is 3.19. The largest absolute Gasteiger partial charge is 0.497 e. The first-order chi connectivity index (χ1) is 11.9. The number of hydrogen-bond donors (Lipinski definition) is 0. The summed E-state index contributed by atoms with van der Waals surface area (Å²) in [6, 6.07) is 7.13. The predicted molar refractivity (Wildman–Crippen MR) is 90.2 cm³/mol. The van der Waals surface area contributed by atoms with E-state index in [9.17, 15) is 13.2 Å². The Balaban J connectivity index is 1.52. The number of thioether (sulfide) groups is 1. The molecule has 1 aromatic heterocycles. The number of carbonyl (C=O) groups excluding carboxylic acids is 1. The number of sulfone groups is 1. The van der Waals surface area contributed by atoms with Crippen LogP contribution in [0.2, 0.25) is 0 Å². The molecule has 1 aliphatic heterocycles. The zero-order valence-electron chi connectivity index (χ0n) is 13.4. The lowest BCUT2D eigenvalue weighted by Gasteiger charge is -2.08. The second-order valence-corrected chi connectivity index (χ2v) is 8.56. The smallest absolute Gasteiger partial charge is 0.316 e. The van der Waals surface area contributed by atoms with Gasteiger partial charge < -0.3 is 13.9 Å². The van der Waals surface area contributed by atoms with Crippen molar-refractivity contribution in [2.45, 2.75) is 17.7 Å². The van der Waals surface area contributed by atoms with Gasteiger partial charge in [0.15, 0.2) is 9.84 Å². The summed E-state index contributed by atoms with van der Waals surface area (Å²) in [5.74, 6) is 0.477. The lowest BCUT2D eigenvalue weighted by molar-refractivity contribution is -0.144. The average molecular weight is 384 g/mol. The van der Waals surface area contributed by atoms with Crippen LogP contribution in [0.1, 0.15) is 6.42 Å². The van der Waals surface area contributed by atoms with Crippen LogP contribution in [0.4, 0.5) is 0 Å².